The van der Waals surface area contributed by atoms with Gasteiger partial charge in [-0.3, -0.25) is 0 Å². The number of anilines is 1. The third kappa shape index (κ3) is 3.30. The fourth-order valence-corrected chi connectivity index (χ4v) is 3.28. The molecule has 21 heavy (non-hydrogen) atoms. The van der Waals surface area contributed by atoms with E-state index in [1.54, 1.807) is 11.8 Å². The van der Waals surface area contributed by atoms with E-state index in [1.807, 2.05) is 18.2 Å². The Labute approximate surface area is 137 Å². The molecule has 0 spiro atoms. The first-order chi connectivity index (χ1) is 10.3. The average Bonchev–Trinajstić information content (AvgIpc) is 2.53. The van der Waals surface area contributed by atoms with E-state index in [1.165, 1.54) is 10.5 Å². The van der Waals surface area contributed by atoms with E-state index in [2.05, 4.69) is 45.7 Å². The zero-order valence-corrected chi connectivity index (χ0v) is 14.1. The Hall–Kier alpha value is -1.33. The first-order valence-electron chi connectivity index (χ1n) is 6.73. The summed E-state index contributed by atoms with van der Waals surface area (Å²) in [4.78, 5) is 1.21. The Morgan fingerprint density at radius 2 is 1.86 bits per heavy atom. The summed E-state index contributed by atoms with van der Waals surface area (Å²) in [5, 5.41) is 3.45. The van der Waals surface area contributed by atoms with Crippen LogP contribution in [0.5, 0.6) is 11.5 Å². The van der Waals surface area contributed by atoms with Crippen LogP contribution in [0.3, 0.4) is 0 Å². The number of ether oxygens (including phenoxy) is 2. The van der Waals surface area contributed by atoms with Crippen molar-refractivity contribution in [3.05, 3.63) is 46.4 Å². The molecule has 0 aromatic heterocycles. The maximum Gasteiger partial charge on any atom is 0.162 e. The van der Waals surface area contributed by atoms with Crippen LogP contribution in [-0.2, 0) is 6.54 Å². The molecular weight excluding hydrogens is 350 g/mol. The van der Waals surface area contributed by atoms with Crippen LogP contribution in [0.4, 0.5) is 5.69 Å². The maximum atomic E-state index is 5.67. The summed E-state index contributed by atoms with van der Waals surface area (Å²) in [6.07, 6.45) is 2.08. The van der Waals surface area contributed by atoms with Gasteiger partial charge in [0.1, 0.15) is 13.2 Å². The van der Waals surface area contributed by atoms with Crippen molar-refractivity contribution >= 4 is 33.4 Å². The Kier molecular flexibility index (Phi) is 4.60. The van der Waals surface area contributed by atoms with E-state index in [0.717, 1.165) is 28.2 Å². The normalized spacial score (nSPS) is 13.0. The van der Waals surface area contributed by atoms with Gasteiger partial charge in [-0.15, -0.1) is 11.8 Å². The molecule has 3 nitrogen and oxygen atoms in total. The minimum absolute atomic E-state index is 0.614. The predicted octanol–water partition coefficient (Wildman–Crippen LogP) is 4.55. The Morgan fingerprint density at radius 1 is 1.14 bits per heavy atom. The van der Waals surface area contributed by atoms with Gasteiger partial charge in [-0.25, -0.2) is 0 Å². The smallest absolute Gasteiger partial charge is 0.162 e. The number of nitrogens with one attached hydrogen (secondary N) is 1. The minimum atomic E-state index is 0.614. The molecule has 0 saturated carbocycles. The van der Waals surface area contributed by atoms with Crippen LogP contribution in [0.15, 0.2) is 45.8 Å². The molecule has 0 bridgehead atoms. The van der Waals surface area contributed by atoms with Crippen LogP contribution in [-0.4, -0.2) is 19.5 Å². The van der Waals surface area contributed by atoms with Crippen molar-refractivity contribution in [3.8, 4) is 11.5 Å². The highest BCUT2D eigenvalue weighted by molar-refractivity contribution is 9.10. The monoisotopic (exact) mass is 365 g/mol. The third-order valence-corrected chi connectivity index (χ3v) is 4.80. The molecule has 0 aliphatic carbocycles. The number of rotatable bonds is 4. The van der Waals surface area contributed by atoms with Crippen molar-refractivity contribution in [2.75, 3.05) is 24.8 Å². The van der Waals surface area contributed by atoms with Crippen molar-refractivity contribution in [2.45, 2.75) is 11.4 Å². The van der Waals surface area contributed by atoms with E-state index in [4.69, 9.17) is 9.47 Å². The number of hydrogen-bond donors (Lipinski definition) is 1. The molecular formula is C16H16BrNO2S. The number of halogens is 1. The zero-order chi connectivity index (χ0) is 14.7. The predicted molar refractivity (Wildman–Crippen MR) is 90.7 cm³/mol. The molecule has 0 saturated heterocycles. The molecule has 5 heteroatoms. The summed E-state index contributed by atoms with van der Waals surface area (Å²) >= 11 is 5.27. The lowest BCUT2D eigenvalue weighted by Crippen LogP contribution is -2.16. The lowest BCUT2D eigenvalue weighted by atomic mass is 10.2. The standard InChI is InChI=1S/C16H16BrNO2S/c1-21-16-9-15-14(19-6-7-20-15)8-11(16)10-18-13-5-3-2-4-12(13)17/h2-5,8-9,18H,6-7,10H2,1H3. The summed E-state index contributed by atoms with van der Waals surface area (Å²) in [6, 6.07) is 12.3. The van der Waals surface area contributed by atoms with Crippen molar-refractivity contribution in [1.29, 1.82) is 0 Å². The molecule has 0 amide bonds. The molecule has 1 N–H and O–H groups in total. The molecule has 1 aliphatic heterocycles. The van der Waals surface area contributed by atoms with Gasteiger partial charge < -0.3 is 14.8 Å². The van der Waals surface area contributed by atoms with E-state index in [-0.39, 0.29) is 0 Å². The second-order valence-electron chi connectivity index (χ2n) is 4.64. The fraction of sp³-hybridized carbons (Fsp3) is 0.250. The molecule has 3 rings (SSSR count). The second-order valence-corrected chi connectivity index (χ2v) is 6.34. The number of fused-ring (bicyclic) bond motifs is 1. The number of para-hydroxylation sites is 1. The SMILES string of the molecule is CSc1cc2c(cc1CNc1ccccc1Br)OCCO2. The summed E-state index contributed by atoms with van der Waals surface area (Å²) in [5.41, 5.74) is 2.29. The lowest BCUT2D eigenvalue weighted by molar-refractivity contribution is 0.171. The minimum Gasteiger partial charge on any atom is -0.486 e. The van der Waals surface area contributed by atoms with Gasteiger partial charge in [0.25, 0.3) is 0 Å². The van der Waals surface area contributed by atoms with Crippen LogP contribution in [0.1, 0.15) is 5.56 Å². The highest BCUT2D eigenvalue weighted by Crippen LogP contribution is 2.37. The Balaban J connectivity index is 1.83. The van der Waals surface area contributed by atoms with Crippen LogP contribution in [0.2, 0.25) is 0 Å². The quantitative estimate of drug-likeness (QED) is 0.804. The van der Waals surface area contributed by atoms with Crippen LogP contribution >= 0.6 is 27.7 Å². The molecule has 110 valence electrons. The lowest BCUT2D eigenvalue weighted by Gasteiger charge is -2.21. The number of hydrogen-bond acceptors (Lipinski definition) is 4. The van der Waals surface area contributed by atoms with Crippen LogP contribution < -0.4 is 14.8 Å². The third-order valence-electron chi connectivity index (χ3n) is 3.29. The van der Waals surface area contributed by atoms with Gasteiger partial charge in [-0.2, -0.15) is 0 Å². The number of thioether (sulfide) groups is 1. The van der Waals surface area contributed by atoms with E-state index in [0.29, 0.717) is 13.2 Å². The maximum absolute atomic E-state index is 5.67. The molecule has 0 atom stereocenters. The van der Waals surface area contributed by atoms with Gasteiger partial charge in [-0.05, 0) is 52.0 Å². The second kappa shape index (κ2) is 6.62. The summed E-state index contributed by atoms with van der Waals surface area (Å²) < 4.78 is 12.4. The van der Waals surface area contributed by atoms with Gasteiger partial charge in [0.2, 0.25) is 0 Å². The van der Waals surface area contributed by atoms with Crippen LogP contribution in [0.25, 0.3) is 0 Å². The van der Waals surface area contributed by atoms with Crippen LogP contribution in [0, 0.1) is 0 Å². The highest BCUT2D eigenvalue weighted by Gasteiger charge is 2.15. The fourth-order valence-electron chi connectivity index (χ4n) is 2.24. The Morgan fingerprint density at radius 3 is 2.57 bits per heavy atom. The van der Waals surface area contributed by atoms with Crippen molar-refractivity contribution < 1.29 is 9.47 Å². The van der Waals surface area contributed by atoms with Crippen molar-refractivity contribution in [1.82, 2.24) is 0 Å². The largest absolute Gasteiger partial charge is 0.486 e. The van der Waals surface area contributed by atoms with Crippen molar-refractivity contribution in [2.24, 2.45) is 0 Å². The van der Waals surface area contributed by atoms with Gasteiger partial charge in [0, 0.05) is 21.6 Å². The topological polar surface area (TPSA) is 30.5 Å². The van der Waals surface area contributed by atoms with Gasteiger partial charge in [0.15, 0.2) is 11.5 Å². The molecule has 2 aromatic carbocycles. The van der Waals surface area contributed by atoms with E-state index < -0.39 is 0 Å². The van der Waals surface area contributed by atoms with E-state index in [9.17, 15) is 0 Å². The van der Waals surface area contributed by atoms with Crippen molar-refractivity contribution in [3.63, 3.8) is 0 Å². The average molecular weight is 366 g/mol. The Bertz CT molecular complexity index is 648. The highest BCUT2D eigenvalue weighted by atomic mass is 79.9. The van der Waals surface area contributed by atoms with E-state index >= 15 is 0 Å². The zero-order valence-electron chi connectivity index (χ0n) is 11.7. The van der Waals surface area contributed by atoms with Gasteiger partial charge >= 0.3 is 0 Å². The molecule has 0 unspecified atom stereocenters. The summed E-state index contributed by atoms with van der Waals surface area (Å²) in [7, 11) is 0. The van der Waals surface area contributed by atoms with Gasteiger partial charge in [-0.1, -0.05) is 12.1 Å². The molecule has 2 aromatic rings. The number of benzene rings is 2. The summed E-state index contributed by atoms with van der Waals surface area (Å²) in [5.74, 6) is 1.68. The first kappa shape index (κ1) is 14.6. The molecule has 1 heterocycles. The first-order valence-corrected chi connectivity index (χ1v) is 8.74. The molecule has 0 fully saturated rings. The van der Waals surface area contributed by atoms with Gasteiger partial charge in [0.05, 0.1) is 0 Å². The molecule has 0 radical (unpaired) electrons. The summed E-state index contributed by atoms with van der Waals surface area (Å²) in [6.45, 7) is 1.98. The molecule has 1 aliphatic rings.